The second-order valence-corrected chi connectivity index (χ2v) is 4.48. The van der Waals surface area contributed by atoms with E-state index in [1.807, 2.05) is 13.0 Å². The number of aromatic hydroxyl groups is 1. The van der Waals surface area contributed by atoms with E-state index in [2.05, 4.69) is 5.32 Å². The number of nitrogens with one attached hydrogen (secondary N) is 1. The Morgan fingerprint density at radius 3 is 2.80 bits per heavy atom. The lowest BCUT2D eigenvalue weighted by Crippen LogP contribution is -2.24. The van der Waals surface area contributed by atoms with Gasteiger partial charge in [-0.1, -0.05) is 12.1 Å². The molecule has 4 N–H and O–H groups in total. The Kier molecular flexibility index (Phi) is 3.89. The predicted octanol–water partition coefficient (Wildman–Crippen LogP) is 2.35. The monoisotopic (exact) mass is 274 g/mol. The van der Waals surface area contributed by atoms with E-state index in [0.717, 1.165) is 17.2 Å². The lowest BCUT2D eigenvalue weighted by Gasteiger charge is -2.10. The normalized spacial score (nSPS) is 10.3. The highest BCUT2D eigenvalue weighted by Gasteiger charge is 2.12. The van der Waals surface area contributed by atoms with Gasteiger partial charge in [0.05, 0.1) is 5.56 Å². The van der Waals surface area contributed by atoms with E-state index in [9.17, 15) is 9.18 Å². The number of rotatable bonds is 3. The number of phenolic OH excluding ortho intramolecular Hbond substituents is 1. The van der Waals surface area contributed by atoms with Gasteiger partial charge in [-0.05, 0) is 36.2 Å². The average molecular weight is 274 g/mol. The molecule has 0 aromatic heterocycles. The summed E-state index contributed by atoms with van der Waals surface area (Å²) in [4.78, 5) is 11.9. The number of benzene rings is 2. The van der Waals surface area contributed by atoms with Crippen LogP contribution in [0.25, 0.3) is 0 Å². The van der Waals surface area contributed by atoms with Crippen LogP contribution in [0.15, 0.2) is 36.4 Å². The molecule has 0 unspecified atom stereocenters. The second kappa shape index (κ2) is 5.61. The fourth-order valence-corrected chi connectivity index (χ4v) is 1.85. The van der Waals surface area contributed by atoms with Crippen molar-refractivity contribution in [3.05, 3.63) is 58.9 Å². The molecule has 1 amide bonds. The summed E-state index contributed by atoms with van der Waals surface area (Å²) in [5.41, 5.74) is 8.08. The molecule has 2 aromatic carbocycles. The first-order chi connectivity index (χ1) is 9.49. The van der Waals surface area contributed by atoms with Crippen LogP contribution < -0.4 is 11.1 Å². The van der Waals surface area contributed by atoms with E-state index in [-0.39, 0.29) is 17.9 Å². The number of nitrogens with two attached hydrogens (primary N) is 1. The lowest BCUT2D eigenvalue weighted by molar-refractivity contribution is 0.0947. The maximum Gasteiger partial charge on any atom is 0.254 e. The lowest BCUT2D eigenvalue weighted by atomic mass is 10.1. The van der Waals surface area contributed by atoms with Crippen molar-refractivity contribution in [1.82, 2.24) is 5.32 Å². The van der Waals surface area contributed by atoms with Gasteiger partial charge in [-0.25, -0.2) is 4.39 Å². The highest BCUT2D eigenvalue weighted by atomic mass is 19.1. The smallest absolute Gasteiger partial charge is 0.254 e. The zero-order valence-electron chi connectivity index (χ0n) is 11.0. The number of carbonyl (C=O) groups is 1. The van der Waals surface area contributed by atoms with Crippen molar-refractivity contribution in [2.75, 3.05) is 5.73 Å². The van der Waals surface area contributed by atoms with E-state index in [0.29, 0.717) is 5.69 Å². The van der Waals surface area contributed by atoms with Gasteiger partial charge in [0.15, 0.2) is 0 Å². The van der Waals surface area contributed by atoms with E-state index in [1.165, 1.54) is 12.1 Å². The third kappa shape index (κ3) is 2.88. The van der Waals surface area contributed by atoms with Gasteiger partial charge in [0, 0.05) is 18.3 Å². The summed E-state index contributed by atoms with van der Waals surface area (Å²) in [6, 6.07) is 8.83. The van der Waals surface area contributed by atoms with Gasteiger partial charge in [-0.3, -0.25) is 4.79 Å². The third-order valence-corrected chi connectivity index (χ3v) is 3.12. The highest BCUT2D eigenvalue weighted by Crippen LogP contribution is 2.17. The molecule has 2 aromatic rings. The Labute approximate surface area is 116 Å². The molecule has 104 valence electrons. The zero-order valence-corrected chi connectivity index (χ0v) is 11.0. The minimum absolute atomic E-state index is 0.107. The molecular formula is C15H15FN2O2. The molecule has 0 heterocycles. The molecule has 0 radical (unpaired) electrons. The van der Waals surface area contributed by atoms with Gasteiger partial charge in [0.25, 0.3) is 5.91 Å². The topological polar surface area (TPSA) is 75.3 Å². The molecule has 0 aliphatic carbocycles. The van der Waals surface area contributed by atoms with Crippen molar-refractivity contribution in [3.63, 3.8) is 0 Å². The Morgan fingerprint density at radius 2 is 2.10 bits per heavy atom. The molecule has 0 fully saturated rings. The Bertz CT molecular complexity index is 656. The summed E-state index contributed by atoms with van der Waals surface area (Å²) >= 11 is 0. The van der Waals surface area contributed by atoms with Crippen molar-refractivity contribution in [2.24, 2.45) is 0 Å². The SMILES string of the molecule is Cc1c(N)cccc1CNC(=O)c1ccc(O)cc1F. The summed E-state index contributed by atoms with van der Waals surface area (Å²) in [6.45, 7) is 2.12. The van der Waals surface area contributed by atoms with Crippen molar-refractivity contribution >= 4 is 11.6 Å². The Hall–Kier alpha value is -2.56. The average Bonchev–Trinajstić information content (AvgIpc) is 2.40. The van der Waals surface area contributed by atoms with Crippen LogP contribution in [0.5, 0.6) is 5.75 Å². The third-order valence-electron chi connectivity index (χ3n) is 3.12. The Morgan fingerprint density at radius 1 is 1.35 bits per heavy atom. The quantitative estimate of drug-likeness (QED) is 0.752. The summed E-state index contributed by atoms with van der Waals surface area (Å²) in [7, 11) is 0. The predicted molar refractivity (Wildman–Crippen MR) is 74.8 cm³/mol. The molecular weight excluding hydrogens is 259 g/mol. The number of anilines is 1. The number of phenols is 1. The summed E-state index contributed by atoms with van der Waals surface area (Å²) in [5, 5.41) is 11.7. The number of amides is 1. The van der Waals surface area contributed by atoms with Crippen LogP contribution in [0, 0.1) is 12.7 Å². The van der Waals surface area contributed by atoms with Crippen LogP contribution in [0.1, 0.15) is 21.5 Å². The van der Waals surface area contributed by atoms with E-state index in [4.69, 9.17) is 10.8 Å². The molecule has 2 rings (SSSR count). The van der Waals surface area contributed by atoms with Crippen LogP contribution in [-0.4, -0.2) is 11.0 Å². The molecule has 4 nitrogen and oxygen atoms in total. The van der Waals surface area contributed by atoms with Crippen LogP contribution in [-0.2, 0) is 6.54 Å². The molecule has 5 heteroatoms. The van der Waals surface area contributed by atoms with Crippen LogP contribution in [0.3, 0.4) is 0 Å². The van der Waals surface area contributed by atoms with Gasteiger partial charge in [-0.15, -0.1) is 0 Å². The van der Waals surface area contributed by atoms with Crippen molar-refractivity contribution in [1.29, 1.82) is 0 Å². The first kappa shape index (κ1) is 13.9. The van der Waals surface area contributed by atoms with Crippen molar-refractivity contribution < 1.29 is 14.3 Å². The number of carbonyl (C=O) groups excluding carboxylic acids is 1. The number of nitrogen functional groups attached to an aromatic ring is 1. The largest absolute Gasteiger partial charge is 0.508 e. The second-order valence-electron chi connectivity index (χ2n) is 4.48. The summed E-state index contributed by atoms with van der Waals surface area (Å²) in [5.74, 6) is -1.51. The van der Waals surface area contributed by atoms with E-state index >= 15 is 0 Å². The molecule has 0 bridgehead atoms. The molecule has 0 aliphatic rings. The van der Waals surface area contributed by atoms with Gasteiger partial charge >= 0.3 is 0 Å². The fraction of sp³-hybridized carbons (Fsp3) is 0.133. The minimum atomic E-state index is -0.758. The first-order valence-electron chi connectivity index (χ1n) is 6.09. The number of hydrogen-bond donors (Lipinski definition) is 3. The van der Waals surface area contributed by atoms with Gasteiger partial charge in [-0.2, -0.15) is 0 Å². The zero-order chi connectivity index (χ0) is 14.7. The summed E-state index contributed by atoms with van der Waals surface area (Å²) in [6.07, 6.45) is 0. The molecule has 20 heavy (non-hydrogen) atoms. The van der Waals surface area contributed by atoms with Gasteiger partial charge in [0.1, 0.15) is 11.6 Å². The van der Waals surface area contributed by atoms with Crippen LogP contribution in [0.4, 0.5) is 10.1 Å². The van der Waals surface area contributed by atoms with Crippen LogP contribution >= 0.6 is 0 Å². The van der Waals surface area contributed by atoms with Gasteiger partial charge < -0.3 is 16.2 Å². The molecule has 0 saturated heterocycles. The maximum atomic E-state index is 13.5. The van der Waals surface area contributed by atoms with Gasteiger partial charge in [0.2, 0.25) is 0 Å². The number of hydrogen-bond acceptors (Lipinski definition) is 3. The Balaban J connectivity index is 2.11. The standard InChI is InChI=1S/C15H15FN2O2/c1-9-10(3-2-4-14(9)17)8-18-15(20)12-6-5-11(19)7-13(12)16/h2-7,19H,8,17H2,1H3,(H,18,20). The summed E-state index contributed by atoms with van der Waals surface area (Å²) < 4.78 is 13.5. The van der Waals surface area contributed by atoms with E-state index in [1.54, 1.807) is 12.1 Å². The van der Waals surface area contributed by atoms with Crippen molar-refractivity contribution in [2.45, 2.75) is 13.5 Å². The minimum Gasteiger partial charge on any atom is -0.508 e. The molecule has 0 spiro atoms. The van der Waals surface area contributed by atoms with Crippen LogP contribution in [0.2, 0.25) is 0 Å². The maximum absolute atomic E-state index is 13.5. The highest BCUT2D eigenvalue weighted by molar-refractivity contribution is 5.94. The molecule has 0 saturated carbocycles. The molecule has 0 atom stereocenters. The first-order valence-corrected chi connectivity index (χ1v) is 6.09. The fourth-order valence-electron chi connectivity index (χ4n) is 1.85. The van der Waals surface area contributed by atoms with Crippen molar-refractivity contribution in [3.8, 4) is 5.75 Å². The van der Waals surface area contributed by atoms with E-state index < -0.39 is 11.7 Å². The molecule has 0 aliphatic heterocycles. The number of halogens is 1.